The van der Waals surface area contributed by atoms with Crippen LogP contribution < -0.4 is 0 Å². The standard InChI is InChI=1S/C21H22F4N6O/c1-14(6-7-18-26-12-15(13-27-18)21(2,24)25)30(11-8-22)20(32)16-4-3-5-17(23)19(16)31-28-9-10-29-31/h3-5,9-10,12-14H,6-8,11H2,1-2H3/t14-/m0/s1. The number of para-hydroxylation sites is 1. The molecule has 11 heteroatoms. The van der Waals surface area contributed by atoms with Gasteiger partial charge in [-0.05, 0) is 25.5 Å². The number of benzene rings is 1. The number of rotatable bonds is 9. The van der Waals surface area contributed by atoms with Crippen LogP contribution in [-0.2, 0) is 12.3 Å². The first kappa shape index (κ1) is 23.3. The molecule has 0 aliphatic rings. The van der Waals surface area contributed by atoms with Crippen LogP contribution in [0.4, 0.5) is 17.6 Å². The van der Waals surface area contributed by atoms with Crippen molar-refractivity contribution in [3.05, 3.63) is 65.8 Å². The summed E-state index contributed by atoms with van der Waals surface area (Å²) < 4.78 is 54.4. The van der Waals surface area contributed by atoms with Crippen LogP contribution in [0.2, 0.25) is 0 Å². The van der Waals surface area contributed by atoms with Gasteiger partial charge in [0.15, 0.2) is 5.82 Å². The summed E-state index contributed by atoms with van der Waals surface area (Å²) in [7, 11) is 0. The Morgan fingerprint density at radius 1 is 1.19 bits per heavy atom. The van der Waals surface area contributed by atoms with E-state index in [-0.39, 0.29) is 29.8 Å². The maximum absolute atomic E-state index is 14.5. The lowest BCUT2D eigenvalue weighted by Crippen LogP contribution is -2.41. The fourth-order valence-electron chi connectivity index (χ4n) is 3.19. The molecule has 2 heterocycles. The summed E-state index contributed by atoms with van der Waals surface area (Å²) in [5.74, 6) is -3.99. The average molecular weight is 450 g/mol. The van der Waals surface area contributed by atoms with E-state index in [2.05, 4.69) is 20.2 Å². The van der Waals surface area contributed by atoms with E-state index in [0.29, 0.717) is 12.2 Å². The molecule has 0 fully saturated rings. The summed E-state index contributed by atoms with van der Waals surface area (Å²) in [6, 6.07) is 3.52. The molecule has 0 bridgehead atoms. The molecule has 0 N–H and O–H groups in total. The number of nitrogens with zero attached hydrogens (tertiary/aromatic N) is 6. The molecule has 0 saturated carbocycles. The summed E-state index contributed by atoms with van der Waals surface area (Å²) in [5, 5.41) is 7.78. The Morgan fingerprint density at radius 3 is 2.44 bits per heavy atom. The van der Waals surface area contributed by atoms with Crippen LogP contribution in [0.15, 0.2) is 43.0 Å². The first-order chi connectivity index (χ1) is 15.2. The van der Waals surface area contributed by atoms with Crippen LogP contribution in [0.3, 0.4) is 0 Å². The monoisotopic (exact) mass is 450 g/mol. The lowest BCUT2D eigenvalue weighted by Gasteiger charge is -2.29. The Hall–Kier alpha value is -3.37. The van der Waals surface area contributed by atoms with Crippen molar-refractivity contribution in [3.63, 3.8) is 0 Å². The fourth-order valence-corrected chi connectivity index (χ4v) is 3.19. The van der Waals surface area contributed by atoms with Gasteiger partial charge in [-0.15, -0.1) is 4.80 Å². The van der Waals surface area contributed by atoms with Crippen LogP contribution in [-0.4, -0.2) is 55.0 Å². The Kier molecular flexibility index (Phi) is 7.16. The zero-order valence-corrected chi connectivity index (χ0v) is 17.6. The number of carbonyl (C=O) groups is 1. The predicted molar refractivity (Wildman–Crippen MR) is 108 cm³/mol. The smallest absolute Gasteiger partial charge is 0.273 e. The van der Waals surface area contributed by atoms with Crippen molar-refractivity contribution in [2.75, 3.05) is 13.2 Å². The predicted octanol–water partition coefficient (Wildman–Crippen LogP) is 3.74. The van der Waals surface area contributed by atoms with Crippen molar-refractivity contribution in [2.45, 2.75) is 38.7 Å². The van der Waals surface area contributed by atoms with Gasteiger partial charge in [0.2, 0.25) is 0 Å². The van der Waals surface area contributed by atoms with Gasteiger partial charge >= 0.3 is 0 Å². The largest absolute Gasteiger partial charge is 0.333 e. The van der Waals surface area contributed by atoms with E-state index >= 15 is 0 Å². The van der Waals surface area contributed by atoms with Gasteiger partial charge in [0.1, 0.15) is 18.2 Å². The molecule has 1 amide bonds. The minimum Gasteiger partial charge on any atom is -0.333 e. The van der Waals surface area contributed by atoms with E-state index in [1.165, 1.54) is 35.5 Å². The van der Waals surface area contributed by atoms with Crippen molar-refractivity contribution >= 4 is 5.91 Å². The molecule has 0 unspecified atom stereocenters. The molecule has 7 nitrogen and oxygen atoms in total. The number of hydrogen-bond acceptors (Lipinski definition) is 5. The van der Waals surface area contributed by atoms with Crippen LogP contribution in [0.25, 0.3) is 5.69 Å². The number of aromatic nitrogens is 5. The van der Waals surface area contributed by atoms with E-state index in [0.717, 1.165) is 24.1 Å². The van der Waals surface area contributed by atoms with Gasteiger partial charge in [-0.2, -0.15) is 10.2 Å². The highest BCUT2D eigenvalue weighted by Gasteiger charge is 2.27. The number of aryl methyl sites for hydroxylation is 1. The molecule has 3 rings (SSSR count). The molecule has 170 valence electrons. The highest BCUT2D eigenvalue weighted by molar-refractivity contribution is 5.98. The van der Waals surface area contributed by atoms with Crippen LogP contribution in [0, 0.1) is 5.82 Å². The van der Waals surface area contributed by atoms with Crippen molar-refractivity contribution in [3.8, 4) is 5.69 Å². The number of amides is 1. The molecule has 1 atom stereocenters. The van der Waals surface area contributed by atoms with Gasteiger partial charge in [-0.1, -0.05) is 6.07 Å². The van der Waals surface area contributed by atoms with Crippen LogP contribution in [0.5, 0.6) is 0 Å². The Bertz CT molecular complexity index is 1040. The van der Waals surface area contributed by atoms with Crippen molar-refractivity contribution < 1.29 is 22.4 Å². The molecule has 0 saturated heterocycles. The zero-order chi connectivity index (χ0) is 23.3. The first-order valence-corrected chi connectivity index (χ1v) is 9.93. The van der Waals surface area contributed by atoms with Gasteiger partial charge < -0.3 is 4.90 Å². The minimum absolute atomic E-state index is 0.00715. The Labute approximate surface area is 182 Å². The molecule has 0 aliphatic heterocycles. The summed E-state index contributed by atoms with van der Waals surface area (Å²) in [6.45, 7) is 1.47. The number of carbonyl (C=O) groups excluding carboxylic acids is 1. The van der Waals surface area contributed by atoms with Gasteiger partial charge in [-0.25, -0.2) is 27.5 Å². The maximum atomic E-state index is 14.5. The number of hydrogen-bond donors (Lipinski definition) is 0. The van der Waals surface area contributed by atoms with E-state index in [9.17, 15) is 22.4 Å². The molecule has 0 spiro atoms. The van der Waals surface area contributed by atoms with E-state index in [1.54, 1.807) is 6.92 Å². The second-order valence-electron chi connectivity index (χ2n) is 7.31. The molecule has 1 aromatic carbocycles. The highest BCUT2D eigenvalue weighted by Crippen LogP contribution is 2.25. The third kappa shape index (κ3) is 5.27. The fraction of sp³-hybridized carbons (Fsp3) is 0.381. The summed E-state index contributed by atoms with van der Waals surface area (Å²) in [6.07, 6.45) is 5.45. The molecule has 0 aliphatic carbocycles. The summed E-state index contributed by atoms with van der Waals surface area (Å²) in [4.78, 5) is 23.4. The highest BCUT2D eigenvalue weighted by atomic mass is 19.3. The quantitative estimate of drug-likeness (QED) is 0.464. The third-order valence-electron chi connectivity index (χ3n) is 4.95. The minimum atomic E-state index is -3.04. The van der Waals surface area contributed by atoms with E-state index in [1.807, 2.05) is 0 Å². The summed E-state index contributed by atoms with van der Waals surface area (Å²) in [5.41, 5.74) is -0.431. The molecular formula is C21H22F4N6O. The lowest BCUT2D eigenvalue weighted by atomic mass is 10.1. The molecular weight excluding hydrogens is 428 g/mol. The van der Waals surface area contributed by atoms with Crippen molar-refractivity contribution in [2.24, 2.45) is 0 Å². The molecule has 2 aromatic heterocycles. The normalized spacial score (nSPS) is 12.6. The second-order valence-corrected chi connectivity index (χ2v) is 7.31. The number of alkyl halides is 3. The van der Waals surface area contributed by atoms with E-state index in [4.69, 9.17) is 0 Å². The third-order valence-corrected chi connectivity index (χ3v) is 4.95. The average Bonchev–Trinajstić information content (AvgIpc) is 3.29. The van der Waals surface area contributed by atoms with Crippen LogP contribution >= 0.6 is 0 Å². The van der Waals surface area contributed by atoms with Gasteiger partial charge in [-0.3, -0.25) is 4.79 Å². The summed E-state index contributed by atoms with van der Waals surface area (Å²) >= 11 is 0. The van der Waals surface area contributed by atoms with Crippen LogP contribution in [0.1, 0.15) is 42.0 Å². The number of halogens is 4. The van der Waals surface area contributed by atoms with Crippen molar-refractivity contribution in [1.29, 1.82) is 0 Å². The zero-order valence-electron chi connectivity index (χ0n) is 17.6. The molecule has 3 aromatic rings. The SMILES string of the molecule is C[C@@H](CCc1ncc(C(C)(F)F)cn1)N(CCF)C(=O)c1cccc(F)c1-n1nccn1. The van der Waals surface area contributed by atoms with Crippen molar-refractivity contribution in [1.82, 2.24) is 29.9 Å². The Balaban J connectivity index is 1.78. The second kappa shape index (κ2) is 9.84. The first-order valence-electron chi connectivity index (χ1n) is 9.93. The van der Waals surface area contributed by atoms with Gasteiger partial charge in [0.05, 0.1) is 23.5 Å². The lowest BCUT2D eigenvalue weighted by molar-refractivity contribution is 0.0166. The maximum Gasteiger partial charge on any atom is 0.273 e. The van der Waals surface area contributed by atoms with Gasteiger partial charge in [0, 0.05) is 38.3 Å². The topological polar surface area (TPSA) is 76.8 Å². The Morgan fingerprint density at radius 2 is 1.84 bits per heavy atom. The van der Waals surface area contributed by atoms with E-state index < -0.39 is 30.4 Å². The van der Waals surface area contributed by atoms with Gasteiger partial charge in [0.25, 0.3) is 11.8 Å². The molecule has 0 radical (unpaired) electrons. The molecule has 32 heavy (non-hydrogen) atoms.